The highest BCUT2D eigenvalue weighted by Gasteiger charge is 2.18. The van der Waals surface area contributed by atoms with Gasteiger partial charge >= 0.3 is 6.03 Å². The van der Waals surface area contributed by atoms with E-state index in [4.69, 9.17) is 4.74 Å². The first-order chi connectivity index (χ1) is 10.3. The Morgan fingerprint density at radius 1 is 1.33 bits per heavy atom. The fourth-order valence-corrected chi connectivity index (χ4v) is 2.14. The number of nitrogens with one attached hydrogen (secondary N) is 1. The lowest BCUT2D eigenvalue weighted by atomic mass is 10.3. The van der Waals surface area contributed by atoms with Crippen LogP contribution in [0.15, 0.2) is 24.4 Å². The highest BCUT2D eigenvalue weighted by Crippen LogP contribution is 2.16. The molecule has 3 rings (SSSR count). The second-order valence-electron chi connectivity index (χ2n) is 4.65. The van der Waals surface area contributed by atoms with Gasteiger partial charge < -0.3 is 15.0 Å². The van der Waals surface area contributed by atoms with Gasteiger partial charge in [0.2, 0.25) is 5.88 Å². The number of methoxy groups -OCH3 is 1. The van der Waals surface area contributed by atoms with Crippen molar-refractivity contribution in [3.05, 3.63) is 24.4 Å². The van der Waals surface area contributed by atoms with Crippen molar-refractivity contribution in [2.75, 3.05) is 26.7 Å². The number of nitrogens with zero attached hydrogens (tertiary/aromatic N) is 5. The first-order valence-electron chi connectivity index (χ1n) is 6.70. The van der Waals surface area contributed by atoms with Crippen molar-refractivity contribution in [1.29, 1.82) is 0 Å². The molecule has 0 unspecified atom stereocenters. The van der Waals surface area contributed by atoms with Gasteiger partial charge in [0, 0.05) is 25.7 Å². The van der Waals surface area contributed by atoms with Crippen LogP contribution in [0.5, 0.6) is 5.88 Å². The van der Waals surface area contributed by atoms with E-state index in [1.165, 1.54) is 0 Å². The quantitative estimate of drug-likeness (QED) is 0.859. The minimum atomic E-state index is -0.0233. The van der Waals surface area contributed by atoms with Crippen LogP contribution in [0, 0.1) is 0 Å². The van der Waals surface area contributed by atoms with Crippen LogP contribution in [0.4, 0.5) is 4.79 Å². The van der Waals surface area contributed by atoms with E-state index in [1.54, 1.807) is 22.8 Å². The molecule has 1 aliphatic heterocycles. The molecule has 3 heterocycles. The summed E-state index contributed by atoms with van der Waals surface area (Å²) in [6, 6.07) is 5.46. The van der Waals surface area contributed by atoms with E-state index in [2.05, 4.69) is 20.6 Å². The van der Waals surface area contributed by atoms with Crippen molar-refractivity contribution < 1.29 is 9.53 Å². The summed E-state index contributed by atoms with van der Waals surface area (Å²) in [5.74, 6) is 0.538. The monoisotopic (exact) mass is 288 g/mol. The number of carbonyl (C=O) groups is 1. The lowest BCUT2D eigenvalue weighted by Crippen LogP contribution is -2.31. The molecule has 0 saturated carbocycles. The van der Waals surface area contributed by atoms with E-state index in [1.807, 2.05) is 18.3 Å². The maximum absolute atomic E-state index is 11.4. The van der Waals surface area contributed by atoms with Crippen LogP contribution >= 0.6 is 0 Å². The first kappa shape index (κ1) is 13.3. The number of amides is 2. The average Bonchev–Trinajstić information content (AvgIpc) is 3.14. The second kappa shape index (κ2) is 5.78. The van der Waals surface area contributed by atoms with Crippen LogP contribution in [0.3, 0.4) is 0 Å². The van der Waals surface area contributed by atoms with E-state index in [9.17, 15) is 4.79 Å². The van der Waals surface area contributed by atoms with Gasteiger partial charge in [-0.15, -0.1) is 5.10 Å². The number of aromatic nitrogens is 4. The van der Waals surface area contributed by atoms with E-state index in [-0.39, 0.29) is 6.03 Å². The van der Waals surface area contributed by atoms with Gasteiger partial charge in [-0.2, -0.15) is 0 Å². The summed E-state index contributed by atoms with van der Waals surface area (Å²) in [6.45, 7) is 2.65. The zero-order valence-electron chi connectivity index (χ0n) is 11.7. The van der Waals surface area contributed by atoms with Crippen LogP contribution in [0.25, 0.3) is 11.4 Å². The van der Waals surface area contributed by atoms with Gasteiger partial charge in [-0.3, -0.25) is 4.68 Å². The Hall–Kier alpha value is -2.64. The van der Waals surface area contributed by atoms with Crippen molar-refractivity contribution in [2.45, 2.75) is 6.54 Å². The van der Waals surface area contributed by atoms with Crippen molar-refractivity contribution in [1.82, 2.24) is 30.2 Å². The molecular weight excluding hydrogens is 272 g/mol. The van der Waals surface area contributed by atoms with E-state index >= 15 is 0 Å². The maximum Gasteiger partial charge on any atom is 0.317 e. The average molecular weight is 288 g/mol. The van der Waals surface area contributed by atoms with Gasteiger partial charge in [-0.05, 0) is 6.07 Å². The highest BCUT2D eigenvalue weighted by molar-refractivity contribution is 5.76. The highest BCUT2D eigenvalue weighted by atomic mass is 16.5. The van der Waals surface area contributed by atoms with Crippen LogP contribution < -0.4 is 10.1 Å². The fourth-order valence-electron chi connectivity index (χ4n) is 2.14. The third-order valence-electron chi connectivity index (χ3n) is 3.28. The van der Waals surface area contributed by atoms with Gasteiger partial charge in [-0.25, -0.2) is 9.78 Å². The predicted octanol–water partition coefficient (Wildman–Crippen LogP) is 0.374. The lowest BCUT2D eigenvalue weighted by molar-refractivity contribution is 0.215. The van der Waals surface area contributed by atoms with Gasteiger partial charge in [-0.1, -0.05) is 11.3 Å². The number of pyridine rings is 1. The third kappa shape index (κ3) is 2.93. The Morgan fingerprint density at radius 2 is 2.24 bits per heavy atom. The van der Waals surface area contributed by atoms with Crippen molar-refractivity contribution in [3.63, 3.8) is 0 Å². The Labute approximate surface area is 121 Å². The van der Waals surface area contributed by atoms with Crippen LogP contribution in [0.1, 0.15) is 0 Å². The lowest BCUT2D eigenvalue weighted by Gasteiger charge is -2.12. The Bertz CT molecular complexity index is 641. The SMILES string of the molecule is COc1cccc(-c2cn(CCN3CCNC3=O)nn2)n1. The second-order valence-corrected chi connectivity index (χ2v) is 4.65. The Morgan fingerprint density at radius 3 is 3.00 bits per heavy atom. The standard InChI is InChI=1S/C13H16N6O2/c1-21-12-4-2-3-10(15-12)11-9-19(17-16-11)8-7-18-6-5-14-13(18)20/h2-4,9H,5-8H2,1H3,(H,14,20). The summed E-state index contributed by atoms with van der Waals surface area (Å²) in [5.41, 5.74) is 1.39. The molecule has 1 aliphatic rings. The molecule has 2 aromatic rings. The number of hydrogen-bond acceptors (Lipinski definition) is 5. The summed E-state index contributed by atoms with van der Waals surface area (Å²) in [7, 11) is 1.57. The first-order valence-corrected chi connectivity index (χ1v) is 6.70. The van der Waals surface area contributed by atoms with Crippen LogP contribution in [-0.4, -0.2) is 57.7 Å². The van der Waals surface area contributed by atoms with Crippen molar-refractivity contribution in [2.24, 2.45) is 0 Å². The van der Waals surface area contributed by atoms with Gasteiger partial charge in [0.1, 0.15) is 5.69 Å². The molecule has 2 aromatic heterocycles. The molecule has 21 heavy (non-hydrogen) atoms. The molecule has 8 nitrogen and oxygen atoms in total. The molecule has 1 N–H and O–H groups in total. The number of rotatable bonds is 5. The molecule has 0 radical (unpaired) electrons. The summed E-state index contributed by atoms with van der Waals surface area (Å²) in [5, 5.41) is 10.9. The zero-order valence-corrected chi connectivity index (χ0v) is 11.7. The van der Waals surface area contributed by atoms with Gasteiger partial charge in [0.15, 0.2) is 0 Å². The number of ether oxygens (including phenoxy) is 1. The summed E-state index contributed by atoms with van der Waals surface area (Å²) in [4.78, 5) is 17.5. The summed E-state index contributed by atoms with van der Waals surface area (Å²) < 4.78 is 6.80. The summed E-state index contributed by atoms with van der Waals surface area (Å²) >= 11 is 0. The summed E-state index contributed by atoms with van der Waals surface area (Å²) in [6.07, 6.45) is 1.82. The minimum Gasteiger partial charge on any atom is -0.481 e. The molecule has 8 heteroatoms. The zero-order chi connectivity index (χ0) is 14.7. The smallest absolute Gasteiger partial charge is 0.317 e. The minimum absolute atomic E-state index is 0.0233. The molecule has 1 saturated heterocycles. The van der Waals surface area contributed by atoms with E-state index < -0.39 is 0 Å². The molecule has 2 amide bonds. The molecule has 0 spiro atoms. The number of urea groups is 1. The molecule has 0 aromatic carbocycles. The van der Waals surface area contributed by atoms with E-state index in [0.29, 0.717) is 36.9 Å². The maximum atomic E-state index is 11.4. The number of hydrogen-bond donors (Lipinski definition) is 1. The molecule has 0 bridgehead atoms. The van der Waals surface area contributed by atoms with Gasteiger partial charge in [0.25, 0.3) is 0 Å². The Kier molecular flexibility index (Phi) is 3.67. The predicted molar refractivity (Wildman–Crippen MR) is 74.8 cm³/mol. The van der Waals surface area contributed by atoms with Crippen LogP contribution in [0.2, 0.25) is 0 Å². The molecule has 1 fully saturated rings. The molecule has 0 aliphatic carbocycles. The third-order valence-corrected chi connectivity index (χ3v) is 3.28. The fraction of sp³-hybridized carbons (Fsp3) is 0.385. The number of carbonyl (C=O) groups excluding carboxylic acids is 1. The van der Waals surface area contributed by atoms with Gasteiger partial charge in [0.05, 0.1) is 25.5 Å². The van der Waals surface area contributed by atoms with Crippen molar-refractivity contribution >= 4 is 6.03 Å². The van der Waals surface area contributed by atoms with Crippen molar-refractivity contribution in [3.8, 4) is 17.3 Å². The molecule has 0 atom stereocenters. The largest absolute Gasteiger partial charge is 0.481 e. The van der Waals surface area contributed by atoms with E-state index in [0.717, 1.165) is 6.54 Å². The Balaban J connectivity index is 1.66. The topological polar surface area (TPSA) is 85.2 Å². The van der Waals surface area contributed by atoms with Crippen LogP contribution in [-0.2, 0) is 6.54 Å². The molecular formula is C13H16N6O2. The molecule has 110 valence electrons. The normalized spacial score (nSPS) is 14.3.